The summed E-state index contributed by atoms with van der Waals surface area (Å²) in [5.74, 6) is 1.41. The first-order chi connectivity index (χ1) is 19.8. The maximum absolute atomic E-state index is 13.2. The molecule has 13 nitrogen and oxygen atoms in total. The summed E-state index contributed by atoms with van der Waals surface area (Å²) < 4.78 is 45.1. The normalized spacial score (nSPS) is 24.7. The van der Waals surface area contributed by atoms with Crippen LogP contribution in [0.15, 0.2) is 24.3 Å². The fourth-order valence-corrected chi connectivity index (χ4v) is 5.43. The molecule has 6 rings (SSSR count). The molecule has 3 aliphatic heterocycles. The second kappa shape index (κ2) is 10.4. The van der Waals surface area contributed by atoms with Crippen molar-refractivity contribution in [2.75, 3.05) is 34.7 Å². The molecular weight excluding hydrogens is 544 g/mol. The maximum atomic E-state index is 13.2. The third-order valence-corrected chi connectivity index (χ3v) is 7.46. The second-order valence-corrected chi connectivity index (χ2v) is 9.61. The zero-order chi connectivity index (χ0) is 29.0. The van der Waals surface area contributed by atoms with E-state index in [0.717, 1.165) is 0 Å². The van der Waals surface area contributed by atoms with Gasteiger partial charge in [-0.05, 0) is 23.6 Å². The van der Waals surface area contributed by atoms with Crippen LogP contribution >= 0.6 is 0 Å². The molecule has 3 aromatic rings. The molecule has 4 N–H and O–H groups in total. The Morgan fingerprint density at radius 3 is 2.15 bits per heavy atom. The van der Waals surface area contributed by atoms with E-state index in [2.05, 4.69) is 0 Å². The standard InChI is InChI=1S/C28H28O13/c1-34-16-4-11-12(5-17(16)35-2)26(36-3)14-9-37-27(33)22(14)21(11)13-6-18-19(39-10-38-18)7-15(13)40-28-25(32)24(31)23(30)20(8-29)41-28/h4-7,20,23-25,28-32H,8-10H2,1-3H3. The van der Waals surface area contributed by atoms with Crippen LogP contribution < -0.4 is 28.4 Å². The van der Waals surface area contributed by atoms with Gasteiger partial charge in [-0.2, -0.15) is 0 Å². The Bertz CT molecular complexity index is 1520. The number of carbonyl (C=O) groups excluding carboxylic acids is 1. The topological polar surface area (TPSA) is 172 Å². The molecule has 3 aromatic carbocycles. The number of ether oxygens (including phenoxy) is 8. The van der Waals surface area contributed by atoms with Crippen LogP contribution in [0.4, 0.5) is 0 Å². The Morgan fingerprint density at radius 2 is 1.49 bits per heavy atom. The van der Waals surface area contributed by atoms with Gasteiger partial charge in [0, 0.05) is 28.1 Å². The summed E-state index contributed by atoms with van der Waals surface area (Å²) in [5.41, 5.74) is 1.45. The number of rotatable bonds is 7. The van der Waals surface area contributed by atoms with Crippen LogP contribution in [0.25, 0.3) is 21.9 Å². The largest absolute Gasteiger partial charge is 0.496 e. The lowest BCUT2D eigenvalue weighted by atomic mass is 9.88. The van der Waals surface area contributed by atoms with E-state index in [0.29, 0.717) is 56.2 Å². The molecule has 0 bridgehead atoms. The van der Waals surface area contributed by atoms with E-state index in [1.54, 1.807) is 18.2 Å². The highest BCUT2D eigenvalue weighted by Gasteiger charge is 2.45. The fraction of sp³-hybridized carbons (Fsp3) is 0.393. The van der Waals surface area contributed by atoms with Gasteiger partial charge in [-0.25, -0.2) is 4.79 Å². The van der Waals surface area contributed by atoms with Gasteiger partial charge in [-0.1, -0.05) is 0 Å². The molecule has 1 saturated heterocycles. The van der Waals surface area contributed by atoms with Gasteiger partial charge in [0.05, 0.1) is 33.5 Å². The number of methoxy groups -OCH3 is 3. The molecule has 13 heteroatoms. The lowest BCUT2D eigenvalue weighted by molar-refractivity contribution is -0.277. The lowest BCUT2D eigenvalue weighted by Gasteiger charge is -2.39. The molecule has 3 aliphatic rings. The van der Waals surface area contributed by atoms with E-state index in [4.69, 9.17) is 37.9 Å². The molecule has 0 saturated carbocycles. The number of carbonyl (C=O) groups is 1. The predicted octanol–water partition coefficient (Wildman–Crippen LogP) is 1.11. The van der Waals surface area contributed by atoms with E-state index in [1.807, 2.05) is 0 Å². The summed E-state index contributed by atoms with van der Waals surface area (Å²) in [6, 6.07) is 6.54. The van der Waals surface area contributed by atoms with Crippen LogP contribution in [0.2, 0.25) is 0 Å². The number of benzene rings is 3. The molecule has 0 spiro atoms. The van der Waals surface area contributed by atoms with Crippen molar-refractivity contribution in [1.82, 2.24) is 0 Å². The van der Waals surface area contributed by atoms with Gasteiger partial charge in [0.25, 0.3) is 0 Å². The van der Waals surface area contributed by atoms with E-state index in [9.17, 15) is 25.2 Å². The first kappa shape index (κ1) is 27.2. The number of aliphatic hydroxyl groups excluding tert-OH is 4. The number of fused-ring (bicyclic) bond motifs is 3. The van der Waals surface area contributed by atoms with Crippen molar-refractivity contribution in [3.05, 3.63) is 35.4 Å². The number of hydrogen-bond acceptors (Lipinski definition) is 13. The summed E-state index contributed by atoms with van der Waals surface area (Å²) in [4.78, 5) is 13.2. The monoisotopic (exact) mass is 572 g/mol. The molecule has 1 fully saturated rings. The third kappa shape index (κ3) is 4.24. The Morgan fingerprint density at radius 1 is 0.805 bits per heavy atom. The van der Waals surface area contributed by atoms with Gasteiger partial charge in [-0.15, -0.1) is 0 Å². The van der Waals surface area contributed by atoms with Crippen molar-refractivity contribution in [2.24, 2.45) is 0 Å². The van der Waals surface area contributed by atoms with Crippen molar-refractivity contribution < 1.29 is 63.1 Å². The Hall–Kier alpha value is -4.01. The molecule has 0 amide bonds. The van der Waals surface area contributed by atoms with Crippen molar-refractivity contribution in [1.29, 1.82) is 0 Å². The van der Waals surface area contributed by atoms with Gasteiger partial charge >= 0.3 is 5.97 Å². The highest BCUT2D eigenvalue weighted by Crippen LogP contribution is 2.52. The Kier molecular flexibility index (Phi) is 6.91. The van der Waals surface area contributed by atoms with Crippen molar-refractivity contribution in [2.45, 2.75) is 37.3 Å². The molecule has 5 atom stereocenters. The van der Waals surface area contributed by atoms with Crippen LogP contribution in [0.5, 0.6) is 34.5 Å². The minimum atomic E-state index is -1.68. The minimum Gasteiger partial charge on any atom is -0.496 e. The second-order valence-electron chi connectivity index (χ2n) is 9.61. The Labute approximate surface area is 233 Å². The van der Waals surface area contributed by atoms with E-state index < -0.39 is 43.3 Å². The first-order valence-electron chi connectivity index (χ1n) is 12.7. The molecule has 3 heterocycles. The first-order valence-corrected chi connectivity index (χ1v) is 12.7. The molecular formula is C28H28O13. The van der Waals surface area contributed by atoms with Gasteiger partial charge in [0.15, 0.2) is 23.0 Å². The maximum Gasteiger partial charge on any atom is 0.339 e. The summed E-state index contributed by atoms with van der Waals surface area (Å²) in [5, 5.41) is 42.0. The van der Waals surface area contributed by atoms with Crippen LogP contribution in [0.1, 0.15) is 15.9 Å². The molecule has 0 aliphatic carbocycles. The van der Waals surface area contributed by atoms with E-state index in [-0.39, 0.29) is 24.7 Å². The number of hydrogen-bond donors (Lipinski definition) is 4. The van der Waals surface area contributed by atoms with Gasteiger partial charge in [-0.3, -0.25) is 0 Å². The average molecular weight is 573 g/mol. The predicted molar refractivity (Wildman–Crippen MR) is 139 cm³/mol. The summed E-state index contributed by atoms with van der Waals surface area (Å²) in [6.07, 6.45) is -7.63. The van der Waals surface area contributed by atoms with Crippen LogP contribution in [0, 0.1) is 0 Å². The lowest BCUT2D eigenvalue weighted by Crippen LogP contribution is -2.60. The fourth-order valence-electron chi connectivity index (χ4n) is 5.43. The van der Waals surface area contributed by atoms with Gasteiger partial charge < -0.3 is 58.3 Å². The van der Waals surface area contributed by atoms with Crippen LogP contribution in [0.3, 0.4) is 0 Å². The Balaban J connectivity index is 1.61. The number of cyclic esters (lactones) is 1. The quantitative estimate of drug-likeness (QED) is 0.297. The molecule has 0 aromatic heterocycles. The van der Waals surface area contributed by atoms with Crippen LogP contribution in [-0.4, -0.2) is 91.8 Å². The van der Waals surface area contributed by atoms with Gasteiger partial charge in [0.2, 0.25) is 13.1 Å². The zero-order valence-corrected chi connectivity index (χ0v) is 22.3. The van der Waals surface area contributed by atoms with Crippen molar-refractivity contribution in [3.63, 3.8) is 0 Å². The summed E-state index contributed by atoms with van der Waals surface area (Å²) >= 11 is 0. The highest BCUT2D eigenvalue weighted by atomic mass is 16.7. The molecule has 218 valence electrons. The van der Waals surface area contributed by atoms with Gasteiger partial charge in [0.1, 0.15) is 42.5 Å². The van der Waals surface area contributed by atoms with E-state index >= 15 is 0 Å². The highest BCUT2D eigenvalue weighted by molar-refractivity contribution is 6.14. The summed E-state index contributed by atoms with van der Waals surface area (Å²) in [6.45, 7) is -0.738. The summed E-state index contributed by atoms with van der Waals surface area (Å²) in [7, 11) is 4.47. The number of aliphatic hydroxyl groups is 4. The van der Waals surface area contributed by atoms with Crippen molar-refractivity contribution >= 4 is 16.7 Å². The SMILES string of the molecule is COc1cc2c(OC)c3c(c(-c4cc5c(cc4OC4OC(CO)C(O)C(O)C4O)OCO5)c2cc1OC)C(=O)OC3. The van der Waals surface area contributed by atoms with Crippen LogP contribution in [-0.2, 0) is 16.1 Å². The smallest absolute Gasteiger partial charge is 0.339 e. The number of esters is 1. The average Bonchev–Trinajstić information content (AvgIpc) is 3.61. The zero-order valence-electron chi connectivity index (χ0n) is 22.3. The van der Waals surface area contributed by atoms with Crippen molar-refractivity contribution in [3.8, 4) is 45.6 Å². The molecule has 41 heavy (non-hydrogen) atoms. The van der Waals surface area contributed by atoms with E-state index in [1.165, 1.54) is 27.4 Å². The molecule has 0 radical (unpaired) electrons. The minimum absolute atomic E-state index is 0.0396. The third-order valence-electron chi connectivity index (χ3n) is 7.46. The molecule has 5 unspecified atom stereocenters.